The molecular weight excluding hydrogens is 520 g/mol. The van der Waals surface area contributed by atoms with Crippen LogP contribution in [-0.4, -0.2) is 32.9 Å². The maximum Gasteiger partial charge on any atom is 0.339 e. The molecule has 3 aromatic rings. The standard InChI is InChI=1S/C26H21ClN2O7S/c1-3-35-20-9-7-19(8-10-20)29-25(31)22(24(30)28-26(29)32)15-17-14-18(27)6-13-23(17)36-37(33,34)21-11-4-16(2)5-12-21/h4-15H,3H2,1-2H3,(H,28,30,32)/b22-15+. The van der Waals surface area contributed by atoms with E-state index in [4.69, 9.17) is 20.5 Å². The van der Waals surface area contributed by atoms with E-state index in [0.29, 0.717) is 12.4 Å². The van der Waals surface area contributed by atoms with Crippen LogP contribution in [0.2, 0.25) is 5.02 Å². The van der Waals surface area contributed by atoms with Crippen molar-refractivity contribution in [3.05, 3.63) is 88.5 Å². The molecule has 1 fully saturated rings. The van der Waals surface area contributed by atoms with Crippen molar-refractivity contribution in [1.82, 2.24) is 5.32 Å². The Bertz CT molecular complexity index is 1520. The third-order valence-corrected chi connectivity index (χ3v) is 6.77. The molecule has 0 spiro atoms. The van der Waals surface area contributed by atoms with Gasteiger partial charge in [0.15, 0.2) is 0 Å². The lowest BCUT2D eigenvalue weighted by molar-refractivity contribution is -0.122. The van der Waals surface area contributed by atoms with Gasteiger partial charge < -0.3 is 8.92 Å². The van der Waals surface area contributed by atoms with Gasteiger partial charge >= 0.3 is 16.1 Å². The Labute approximate surface area is 218 Å². The Kier molecular flexibility index (Phi) is 7.33. The largest absolute Gasteiger partial charge is 0.494 e. The number of barbiturate groups is 1. The maximum absolute atomic E-state index is 13.2. The number of rotatable bonds is 7. The van der Waals surface area contributed by atoms with Gasteiger partial charge in [-0.15, -0.1) is 0 Å². The molecule has 0 aliphatic carbocycles. The van der Waals surface area contributed by atoms with E-state index in [1.54, 1.807) is 24.3 Å². The molecule has 0 bridgehead atoms. The number of aryl methyl sites for hydroxylation is 1. The SMILES string of the molecule is CCOc1ccc(N2C(=O)NC(=O)/C(=C\c3cc(Cl)ccc3OS(=O)(=O)c3ccc(C)cc3)C2=O)cc1. The summed E-state index contributed by atoms with van der Waals surface area (Å²) in [7, 11) is -4.24. The van der Waals surface area contributed by atoms with E-state index in [-0.39, 0.29) is 26.9 Å². The number of carbonyl (C=O) groups is 3. The monoisotopic (exact) mass is 540 g/mol. The third kappa shape index (κ3) is 5.65. The van der Waals surface area contributed by atoms with E-state index in [9.17, 15) is 22.8 Å². The van der Waals surface area contributed by atoms with E-state index < -0.39 is 33.5 Å². The van der Waals surface area contributed by atoms with Crippen molar-refractivity contribution in [2.24, 2.45) is 0 Å². The molecule has 3 aromatic carbocycles. The molecule has 9 nitrogen and oxygen atoms in total. The molecule has 1 N–H and O–H groups in total. The number of halogens is 1. The van der Waals surface area contributed by atoms with Crippen LogP contribution in [0.5, 0.6) is 11.5 Å². The highest BCUT2D eigenvalue weighted by molar-refractivity contribution is 7.87. The van der Waals surface area contributed by atoms with Gasteiger partial charge in [0.2, 0.25) is 0 Å². The average molecular weight is 541 g/mol. The first kappa shape index (κ1) is 25.9. The van der Waals surface area contributed by atoms with Gasteiger partial charge in [-0.05, 0) is 74.5 Å². The number of hydrogen-bond acceptors (Lipinski definition) is 7. The number of carbonyl (C=O) groups excluding carboxylic acids is 3. The number of nitrogens with one attached hydrogen (secondary N) is 1. The number of benzene rings is 3. The van der Waals surface area contributed by atoms with Crippen molar-refractivity contribution in [2.45, 2.75) is 18.7 Å². The Morgan fingerprint density at radius 2 is 1.65 bits per heavy atom. The van der Waals surface area contributed by atoms with Crippen LogP contribution in [0.1, 0.15) is 18.1 Å². The van der Waals surface area contributed by atoms with E-state index in [1.165, 1.54) is 42.5 Å². The van der Waals surface area contributed by atoms with Crippen LogP contribution in [0.25, 0.3) is 6.08 Å². The molecule has 11 heteroatoms. The zero-order valence-corrected chi connectivity index (χ0v) is 21.3. The van der Waals surface area contributed by atoms with Gasteiger partial charge in [-0.3, -0.25) is 14.9 Å². The lowest BCUT2D eigenvalue weighted by Crippen LogP contribution is -2.54. The molecule has 1 aliphatic heterocycles. The second-order valence-corrected chi connectivity index (χ2v) is 9.90. The number of hydrogen-bond donors (Lipinski definition) is 1. The van der Waals surface area contributed by atoms with Crippen molar-refractivity contribution in [1.29, 1.82) is 0 Å². The van der Waals surface area contributed by atoms with Crippen LogP contribution in [0.3, 0.4) is 0 Å². The highest BCUT2D eigenvalue weighted by Crippen LogP contribution is 2.30. The van der Waals surface area contributed by atoms with E-state index in [0.717, 1.165) is 16.5 Å². The van der Waals surface area contributed by atoms with Gasteiger partial charge in [0.1, 0.15) is 22.0 Å². The summed E-state index contributed by atoms with van der Waals surface area (Å²) in [6.45, 7) is 4.07. The lowest BCUT2D eigenvalue weighted by Gasteiger charge is -2.26. The first-order valence-electron chi connectivity index (χ1n) is 11.0. The molecule has 1 aliphatic rings. The van der Waals surface area contributed by atoms with Crippen LogP contribution in [0.15, 0.2) is 77.2 Å². The van der Waals surface area contributed by atoms with E-state index in [2.05, 4.69) is 5.32 Å². The highest BCUT2D eigenvalue weighted by atomic mass is 35.5. The molecule has 37 heavy (non-hydrogen) atoms. The van der Waals surface area contributed by atoms with Crippen molar-refractivity contribution in [3.8, 4) is 11.5 Å². The summed E-state index contributed by atoms with van der Waals surface area (Å²) in [6, 6.07) is 15.3. The van der Waals surface area contributed by atoms with E-state index >= 15 is 0 Å². The molecule has 0 atom stereocenters. The zero-order valence-electron chi connectivity index (χ0n) is 19.7. The van der Waals surface area contributed by atoms with Gasteiger partial charge in [-0.2, -0.15) is 8.42 Å². The summed E-state index contributed by atoms with van der Waals surface area (Å²) in [5, 5.41) is 2.32. The first-order valence-corrected chi connectivity index (χ1v) is 12.8. The summed E-state index contributed by atoms with van der Waals surface area (Å²) in [4.78, 5) is 39.1. The lowest BCUT2D eigenvalue weighted by atomic mass is 10.1. The molecule has 4 amide bonds. The number of anilines is 1. The predicted octanol–water partition coefficient (Wildman–Crippen LogP) is 4.48. The second kappa shape index (κ2) is 10.5. The normalized spacial score (nSPS) is 15.1. The van der Waals surface area contributed by atoms with Gasteiger partial charge in [-0.25, -0.2) is 9.69 Å². The maximum atomic E-state index is 13.2. The quantitative estimate of drug-likeness (QED) is 0.266. The predicted molar refractivity (Wildman–Crippen MR) is 137 cm³/mol. The van der Waals surface area contributed by atoms with Crippen molar-refractivity contribution < 1.29 is 31.7 Å². The number of ether oxygens (including phenoxy) is 1. The minimum atomic E-state index is -4.24. The Balaban J connectivity index is 1.71. The van der Waals surface area contributed by atoms with Crippen molar-refractivity contribution >= 4 is 51.3 Å². The highest BCUT2D eigenvalue weighted by Gasteiger charge is 2.37. The minimum absolute atomic E-state index is 0.0441. The number of amides is 4. The number of urea groups is 1. The fraction of sp³-hybridized carbons (Fsp3) is 0.115. The Morgan fingerprint density at radius 3 is 2.30 bits per heavy atom. The number of imide groups is 2. The van der Waals surface area contributed by atoms with Crippen LogP contribution >= 0.6 is 11.6 Å². The van der Waals surface area contributed by atoms with Crippen LogP contribution in [0, 0.1) is 6.92 Å². The van der Waals surface area contributed by atoms with Crippen LogP contribution < -0.4 is 19.1 Å². The van der Waals surface area contributed by atoms with Crippen LogP contribution in [0.4, 0.5) is 10.5 Å². The van der Waals surface area contributed by atoms with Gasteiger partial charge in [-0.1, -0.05) is 29.3 Å². The summed E-state index contributed by atoms with van der Waals surface area (Å²) in [5.74, 6) is -1.49. The van der Waals surface area contributed by atoms with Gasteiger partial charge in [0, 0.05) is 10.6 Å². The van der Waals surface area contributed by atoms with Gasteiger partial charge in [0.25, 0.3) is 11.8 Å². The van der Waals surface area contributed by atoms with Gasteiger partial charge in [0.05, 0.1) is 12.3 Å². The molecule has 0 unspecified atom stereocenters. The second-order valence-electron chi connectivity index (χ2n) is 7.92. The average Bonchev–Trinajstić information content (AvgIpc) is 2.84. The topological polar surface area (TPSA) is 119 Å². The fourth-order valence-corrected chi connectivity index (χ4v) is 4.62. The molecule has 0 saturated carbocycles. The summed E-state index contributed by atoms with van der Waals surface area (Å²) in [6.07, 6.45) is 1.12. The molecule has 1 heterocycles. The molecule has 190 valence electrons. The third-order valence-electron chi connectivity index (χ3n) is 5.29. The molecule has 4 rings (SSSR count). The summed E-state index contributed by atoms with van der Waals surface area (Å²) >= 11 is 6.11. The molecule has 0 radical (unpaired) electrons. The molecular formula is C26H21ClN2O7S. The Morgan fingerprint density at radius 1 is 0.973 bits per heavy atom. The summed E-state index contributed by atoms with van der Waals surface area (Å²) in [5.41, 5.74) is 0.689. The molecule has 1 saturated heterocycles. The zero-order chi connectivity index (χ0) is 26.7. The smallest absolute Gasteiger partial charge is 0.339 e. The number of nitrogens with zero attached hydrogens (tertiary/aromatic N) is 1. The van der Waals surface area contributed by atoms with Crippen molar-refractivity contribution in [2.75, 3.05) is 11.5 Å². The van der Waals surface area contributed by atoms with Crippen molar-refractivity contribution in [3.63, 3.8) is 0 Å². The van der Waals surface area contributed by atoms with E-state index in [1.807, 2.05) is 13.8 Å². The minimum Gasteiger partial charge on any atom is -0.494 e. The summed E-state index contributed by atoms with van der Waals surface area (Å²) < 4.78 is 36.4. The Hall–Kier alpha value is -4.15. The molecule has 0 aromatic heterocycles. The fourth-order valence-electron chi connectivity index (χ4n) is 3.48. The first-order chi connectivity index (χ1) is 17.6. The van der Waals surface area contributed by atoms with Crippen LogP contribution in [-0.2, 0) is 19.7 Å².